The summed E-state index contributed by atoms with van der Waals surface area (Å²) in [5, 5.41) is 6.26. The zero-order chi connectivity index (χ0) is 9.42. The number of nitrogens with one attached hydrogen (secondary N) is 1. The minimum Gasteiger partial charge on any atom is -0.275 e. The van der Waals surface area contributed by atoms with E-state index in [0.29, 0.717) is 10.0 Å². The maximum atomic E-state index is 5.97. The molecule has 5 heteroatoms. The van der Waals surface area contributed by atoms with E-state index in [1.807, 2.05) is 13.0 Å². The van der Waals surface area contributed by atoms with Gasteiger partial charge in [0.25, 0.3) is 0 Å². The number of rotatable bonds is 0. The lowest BCUT2D eigenvalue weighted by Crippen LogP contribution is -2.02. The first-order valence-electron chi connectivity index (χ1n) is 3.64. The molecule has 0 bridgehead atoms. The van der Waals surface area contributed by atoms with Crippen LogP contribution in [0.2, 0.25) is 10.0 Å². The molecule has 0 aliphatic carbocycles. The predicted octanol–water partition coefficient (Wildman–Crippen LogP) is 3.84. The Labute approximate surface area is 90.3 Å². The van der Waals surface area contributed by atoms with E-state index < -0.39 is 0 Å². The summed E-state index contributed by atoms with van der Waals surface area (Å²) in [6.07, 6.45) is 0. The quantitative estimate of drug-likeness (QED) is 0.736. The zero-order valence-electron chi connectivity index (χ0n) is 6.77. The average molecular weight is 233 g/mol. The number of fused-ring (bicyclic) bond motifs is 1. The van der Waals surface area contributed by atoms with Crippen LogP contribution in [0.3, 0.4) is 0 Å². The lowest BCUT2D eigenvalue weighted by Gasteiger charge is -2.15. The standard InChI is InChI=1S/C8H6Cl2N2S/c1-4-11-12-8-6(10)2-5(9)3-7(8)13-4/h2-3,12H,1H3. The Morgan fingerprint density at radius 3 is 2.92 bits per heavy atom. The number of benzene rings is 1. The summed E-state index contributed by atoms with van der Waals surface area (Å²) in [6, 6.07) is 3.57. The molecular weight excluding hydrogens is 227 g/mol. The van der Waals surface area contributed by atoms with E-state index >= 15 is 0 Å². The Bertz CT molecular complexity index is 390. The molecule has 0 saturated heterocycles. The Balaban J connectivity index is 2.52. The molecule has 1 aliphatic heterocycles. The van der Waals surface area contributed by atoms with E-state index in [-0.39, 0.29) is 0 Å². The van der Waals surface area contributed by atoms with E-state index in [2.05, 4.69) is 10.5 Å². The van der Waals surface area contributed by atoms with Crippen molar-refractivity contribution in [2.45, 2.75) is 11.8 Å². The molecule has 1 aromatic carbocycles. The van der Waals surface area contributed by atoms with Crippen LogP contribution in [0.15, 0.2) is 22.1 Å². The summed E-state index contributed by atoms with van der Waals surface area (Å²) in [5.41, 5.74) is 3.72. The van der Waals surface area contributed by atoms with E-state index in [0.717, 1.165) is 15.6 Å². The summed E-state index contributed by atoms with van der Waals surface area (Å²) in [5.74, 6) is 0. The first-order chi connectivity index (χ1) is 6.16. The van der Waals surface area contributed by atoms with Gasteiger partial charge in [-0.05, 0) is 19.1 Å². The van der Waals surface area contributed by atoms with Crippen molar-refractivity contribution >= 4 is 45.7 Å². The molecule has 0 aromatic heterocycles. The van der Waals surface area contributed by atoms with Crippen molar-refractivity contribution in [3.8, 4) is 0 Å². The van der Waals surface area contributed by atoms with Crippen LogP contribution in [-0.4, -0.2) is 5.04 Å². The Kier molecular flexibility index (Phi) is 2.41. The third kappa shape index (κ3) is 1.77. The topological polar surface area (TPSA) is 24.4 Å². The summed E-state index contributed by atoms with van der Waals surface area (Å²) >= 11 is 13.4. The average Bonchev–Trinajstić information content (AvgIpc) is 2.02. The fourth-order valence-corrected chi connectivity index (χ4v) is 2.57. The molecule has 1 aromatic rings. The molecule has 0 unspecified atom stereocenters. The van der Waals surface area contributed by atoms with Gasteiger partial charge in [-0.2, -0.15) is 5.10 Å². The van der Waals surface area contributed by atoms with Crippen LogP contribution in [0.1, 0.15) is 6.92 Å². The molecule has 13 heavy (non-hydrogen) atoms. The molecule has 0 radical (unpaired) electrons. The normalized spacial score (nSPS) is 14.5. The highest BCUT2D eigenvalue weighted by Crippen LogP contribution is 2.39. The van der Waals surface area contributed by atoms with Gasteiger partial charge in [-0.1, -0.05) is 35.0 Å². The number of hydrogen-bond acceptors (Lipinski definition) is 3. The third-order valence-electron chi connectivity index (χ3n) is 1.60. The van der Waals surface area contributed by atoms with Gasteiger partial charge in [0.15, 0.2) is 0 Å². The predicted molar refractivity (Wildman–Crippen MR) is 59.1 cm³/mol. The van der Waals surface area contributed by atoms with Gasteiger partial charge in [0, 0.05) is 9.92 Å². The van der Waals surface area contributed by atoms with Gasteiger partial charge >= 0.3 is 0 Å². The van der Waals surface area contributed by atoms with Gasteiger partial charge in [-0.25, -0.2) is 0 Å². The smallest absolute Gasteiger partial charge is 0.0952 e. The molecule has 68 valence electrons. The van der Waals surface area contributed by atoms with Crippen molar-refractivity contribution in [2.24, 2.45) is 5.10 Å². The SMILES string of the molecule is CC1=NNc2c(Cl)cc(Cl)cc2S1. The van der Waals surface area contributed by atoms with Crippen molar-refractivity contribution in [1.82, 2.24) is 0 Å². The maximum Gasteiger partial charge on any atom is 0.0952 e. The Morgan fingerprint density at radius 1 is 1.38 bits per heavy atom. The monoisotopic (exact) mass is 232 g/mol. The maximum absolute atomic E-state index is 5.97. The molecule has 1 heterocycles. The zero-order valence-corrected chi connectivity index (χ0v) is 9.09. The van der Waals surface area contributed by atoms with Crippen molar-refractivity contribution in [2.75, 3.05) is 5.43 Å². The lowest BCUT2D eigenvalue weighted by molar-refractivity contribution is 1.27. The first-order valence-corrected chi connectivity index (χ1v) is 5.21. The first kappa shape index (κ1) is 9.19. The largest absolute Gasteiger partial charge is 0.275 e. The summed E-state index contributed by atoms with van der Waals surface area (Å²) in [7, 11) is 0. The molecule has 2 nitrogen and oxygen atoms in total. The fraction of sp³-hybridized carbons (Fsp3) is 0.125. The second-order valence-electron chi connectivity index (χ2n) is 2.61. The minimum absolute atomic E-state index is 0.603. The van der Waals surface area contributed by atoms with Crippen LogP contribution >= 0.6 is 35.0 Å². The van der Waals surface area contributed by atoms with Crippen molar-refractivity contribution in [3.63, 3.8) is 0 Å². The molecular formula is C8H6Cl2N2S. The van der Waals surface area contributed by atoms with Gasteiger partial charge in [0.1, 0.15) is 0 Å². The van der Waals surface area contributed by atoms with E-state index in [1.165, 1.54) is 0 Å². The van der Waals surface area contributed by atoms with Gasteiger partial charge in [-0.15, -0.1) is 0 Å². The van der Waals surface area contributed by atoms with Crippen LogP contribution in [0.4, 0.5) is 5.69 Å². The van der Waals surface area contributed by atoms with Crippen molar-refractivity contribution in [1.29, 1.82) is 0 Å². The van der Waals surface area contributed by atoms with Gasteiger partial charge < -0.3 is 0 Å². The van der Waals surface area contributed by atoms with Crippen molar-refractivity contribution in [3.05, 3.63) is 22.2 Å². The summed E-state index contributed by atoms with van der Waals surface area (Å²) < 4.78 is 0. The molecule has 0 amide bonds. The molecule has 0 spiro atoms. The van der Waals surface area contributed by atoms with Crippen LogP contribution in [-0.2, 0) is 0 Å². The van der Waals surface area contributed by atoms with E-state index in [4.69, 9.17) is 23.2 Å². The summed E-state index contributed by atoms with van der Waals surface area (Å²) in [4.78, 5) is 1.02. The third-order valence-corrected chi connectivity index (χ3v) is 3.05. The van der Waals surface area contributed by atoms with Crippen molar-refractivity contribution < 1.29 is 0 Å². The minimum atomic E-state index is 0.603. The summed E-state index contributed by atoms with van der Waals surface area (Å²) in [6.45, 7) is 1.93. The molecule has 2 rings (SSSR count). The Morgan fingerprint density at radius 2 is 2.15 bits per heavy atom. The van der Waals surface area contributed by atoms with E-state index in [1.54, 1.807) is 17.8 Å². The van der Waals surface area contributed by atoms with Crippen LogP contribution < -0.4 is 5.43 Å². The molecule has 0 fully saturated rings. The number of halogens is 2. The highest BCUT2D eigenvalue weighted by Gasteiger charge is 2.14. The Hall–Kier alpha value is -0.380. The van der Waals surface area contributed by atoms with Crippen LogP contribution in [0.25, 0.3) is 0 Å². The van der Waals surface area contributed by atoms with Gasteiger partial charge in [-0.3, -0.25) is 5.43 Å². The highest BCUT2D eigenvalue weighted by atomic mass is 35.5. The molecule has 0 atom stereocenters. The number of hydrogen-bond donors (Lipinski definition) is 1. The number of nitrogens with zero attached hydrogens (tertiary/aromatic N) is 1. The van der Waals surface area contributed by atoms with Gasteiger partial charge in [0.05, 0.1) is 15.8 Å². The number of thioether (sulfide) groups is 1. The van der Waals surface area contributed by atoms with Gasteiger partial charge in [0.2, 0.25) is 0 Å². The number of anilines is 1. The fourth-order valence-electron chi connectivity index (χ4n) is 1.06. The lowest BCUT2D eigenvalue weighted by atomic mass is 10.3. The molecule has 0 saturated carbocycles. The molecule has 1 N–H and O–H groups in total. The highest BCUT2D eigenvalue weighted by molar-refractivity contribution is 8.14. The van der Waals surface area contributed by atoms with E-state index in [9.17, 15) is 0 Å². The van der Waals surface area contributed by atoms with Crippen LogP contribution in [0, 0.1) is 0 Å². The second kappa shape index (κ2) is 3.40. The molecule has 1 aliphatic rings. The second-order valence-corrected chi connectivity index (χ2v) is 4.68. The number of hydrazone groups is 1. The van der Waals surface area contributed by atoms with Crippen LogP contribution in [0.5, 0.6) is 0 Å².